The number of carboxylic acids is 3. The molecule has 7 heteroatoms. The summed E-state index contributed by atoms with van der Waals surface area (Å²) in [5.74, 6) is -1.90. The van der Waals surface area contributed by atoms with Crippen LogP contribution in [0.15, 0.2) is 150 Å². The Kier molecular flexibility index (Phi) is 13.8. The number of carbonyl (C=O) groups is 3. The Morgan fingerprint density at radius 1 is 0.558 bits per heavy atom. The molecular formula is C45H41O6Ti-. The largest absolute Gasteiger partial charge is 0.478 e. The number of rotatable bonds is 3. The maximum absolute atomic E-state index is 10.8. The van der Waals surface area contributed by atoms with Crippen molar-refractivity contribution in [2.24, 2.45) is 5.92 Å². The molecule has 0 spiro atoms. The summed E-state index contributed by atoms with van der Waals surface area (Å²) in [4.78, 5) is 32.4. The minimum absolute atomic E-state index is 0. The third kappa shape index (κ3) is 9.07. The molecular weight excluding hydrogens is 684 g/mol. The molecule has 2 aliphatic carbocycles. The average molecular weight is 726 g/mol. The molecule has 0 amide bonds. The van der Waals surface area contributed by atoms with Crippen molar-refractivity contribution in [2.75, 3.05) is 0 Å². The van der Waals surface area contributed by atoms with Gasteiger partial charge in [-0.05, 0) is 50.5 Å². The van der Waals surface area contributed by atoms with Crippen LogP contribution in [0.5, 0.6) is 0 Å². The Morgan fingerprint density at radius 3 is 1.25 bits per heavy atom. The van der Waals surface area contributed by atoms with Gasteiger partial charge in [0.1, 0.15) is 0 Å². The molecule has 2 aliphatic rings. The summed E-state index contributed by atoms with van der Waals surface area (Å²) >= 11 is 0. The minimum Gasteiger partial charge on any atom is -0.478 e. The Bertz CT molecular complexity index is 2070. The molecule has 0 saturated carbocycles. The first-order valence-electron chi connectivity index (χ1n) is 17.0. The van der Waals surface area contributed by atoms with Crippen molar-refractivity contribution in [3.8, 4) is 0 Å². The summed E-state index contributed by atoms with van der Waals surface area (Å²) in [5.41, 5.74) is 7.52. The number of aromatic carboxylic acids is 3. The van der Waals surface area contributed by atoms with E-state index >= 15 is 0 Å². The van der Waals surface area contributed by atoms with E-state index in [0.29, 0.717) is 16.7 Å². The van der Waals surface area contributed by atoms with Crippen molar-refractivity contribution in [1.29, 1.82) is 0 Å². The van der Waals surface area contributed by atoms with Crippen LogP contribution in [-0.2, 0) is 21.7 Å². The fourth-order valence-electron chi connectivity index (χ4n) is 6.68. The van der Waals surface area contributed by atoms with Crippen LogP contribution in [0.2, 0.25) is 0 Å². The van der Waals surface area contributed by atoms with Gasteiger partial charge in [0.05, 0.1) is 16.7 Å². The zero-order valence-corrected chi connectivity index (χ0v) is 31.0. The van der Waals surface area contributed by atoms with Gasteiger partial charge in [0.15, 0.2) is 0 Å². The van der Waals surface area contributed by atoms with Gasteiger partial charge in [0.25, 0.3) is 0 Å². The predicted octanol–water partition coefficient (Wildman–Crippen LogP) is 11.3. The fraction of sp³-hybridized carbons (Fsp3) is 0.156. The molecule has 6 aromatic carbocycles. The molecule has 0 bridgehead atoms. The number of carboxylic acid groups (broad SMARTS) is 3. The Hall–Kier alpha value is -5.43. The molecule has 0 aliphatic heterocycles. The van der Waals surface area contributed by atoms with Crippen molar-refractivity contribution in [2.45, 2.75) is 40.0 Å². The molecule has 1 unspecified atom stereocenters. The summed E-state index contributed by atoms with van der Waals surface area (Å²) in [5, 5.41) is 31.9. The van der Waals surface area contributed by atoms with Gasteiger partial charge in [-0.1, -0.05) is 155 Å². The van der Waals surface area contributed by atoms with Crippen LogP contribution in [0, 0.1) is 12.3 Å². The van der Waals surface area contributed by atoms with E-state index in [0.717, 1.165) is 38.2 Å². The molecule has 0 aromatic heterocycles. The van der Waals surface area contributed by atoms with Crippen LogP contribution in [-0.4, -0.2) is 33.2 Å². The van der Waals surface area contributed by atoms with Gasteiger partial charge in [-0.25, -0.2) is 14.4 Å². The van der Waals surface area contributed by atoms with Crippen LogP contribution < -0.4 is 0 Å². The summed E-state index contributed by atoms with van der Waals surface area (Å²) in [6.45, 7) is 6.91. The summed E-state index contributed by atoms with van der Waals surface area (Å²) in [7, 11) is 0. The van der Waals surface area contributed by atoms with Gasteiger partial charge >= 0.3 is 17.9 Å². The Labute approximate surface area is 319 Å². The van der Waals surface area contributed by atoms with E-state index in [2.05, 4.69) is 27.2 Å². The number of benzene rings is 6. The zero-order chi connectivity index (χ0) is 36.5. The smallest absolute Gasteiger partial charge is 0.336 e. The minimum atomic E-state index is -0.878. The molecule has 0 fully saturated rings. The second-order valence-electron chi connectivity index (χ2n) is 12.6. The second-order valence-corrected chi connectivity index (χ2v) is 12.6. The number of allylic oxidation sites excluding steroid dienone is 4. The first kappa shape index (κ1) is 39.4. The van der Waals surface area contributed by atoms with E-state index in [1.807, 2.05) is 91.0 Å². The maximum Gasteiger partial charge on any atom is 0.336 e. The zero-order valence-electron chi connectivity index (χ0n) is 29.5. The number of fused-ring (bicyclic) bond motifs is 3. The monoisotopic (exact) mass is 725 g/mol. The van der Waals surface area contributed by atoms with Crippen molar-refractivity contribution in [1.82, 2.24) is 0 Å². The van der Waals surface area contributed by atoms with Gasteiger partial charge in [-0.2, -0.15) is 23.1 Å². The van der Waals surface area contributed by atoms with E-state index in [-0.39, 0.29) is 21.7 Å². The molecule has 8 rings (SSSR count). The van der Waals surface area contributed by atoms with Crippen LogP contribution in [0.4, 0.5) is 0 Å². The van der Waals surface area contributed by atoms with Gasteiger partial charge in [0.2, 0.25) is 0 Å². The maximum atomic E-state index is 10.8. The third-order valence-corrected chi connectivity index (χ3v) is 9.57. The van der Waals surface area contributed by atoms with Crippen LogP contribution in [0.1, 0.15) is 71.1 Å². The van der Waals surface area contributed by atoms with E-state index in [1.165, 1.54) is 19.3 Å². The van der Waals surface area contributed by atoms with Gasteiger partial charge in [-0.3, -0.25) is 0 Å². The normalized spacial score (nSPS) is 14.3. The second kappa shape index (κ2) is 18.2. The summed E-state index contributed by atoms with van der Waals surface area (Å²) in [6, 6.07) is 38.2. The first-order chi connectivity index (χ1) is 24.6. The summed E-state index contributed by atoms with van der Waals surface area (Å²) in [6.07, 6.45) is 6.42. The predicted molar refractivity (Wildman–Crippen MR) is 205 cm³/mol. The van der Waals surface area contributed by atoms with E-state index in [9.17, 15) is 14.4 Å². The van der Waals surface area contributed by atoms with Gasteiger partial charge in [0, 0.05) is 21.7 Å². The molecule has 0 radical (unpaired) electrons. The molecule has 3 N–H and O–H groups in total. The molecule has 0 heterocycles. The topological polar surface area (TPSA) is 112 Å². The SMILES string of the molecule is CC1=C(C)C(C)C2=C1[CH-]CCC2.O=C(O)c1cccc2ccccc12.O=C(O)c1cccc2ccccc12.O=C(O)c1cccc2ccccc12.[Ti]. The van der Waals surface area contributed by atoms with Crippen LogP contribution >= 0.6 is 0 Å². The van der Waals surface area contributed by atoms with Crippen LogP contribution in [0.25, 0.3) is 32.3 Å². The van der Waals surface area contributed by atoms with Crippen molar-refractivity contribution in [3.05, 3.63) is 173 Å². The van der Waals surface area contributed by atoms with E-state index < -0.39 is 17.9 Å². The van der Waals surface area contributed by atoms with Crippen molar-refractivity contribution >= 4 is 50.2 Å². The van der Waals surface area contributed by atoms with Gasteiger partial charge < -0.3 is 15.3 Å². The fourth-order valence-corrected chi connectivity index (χ4v) is 6.68. The standard InChI is InChI=1S/C12H17.3C11H8O2.Ti/c1-8-9(2)11-6-4-5-7-12(11)10(8)3;3*12-11(13)10-7-3-5-8-4-1-2-6-9(8)10;/h6,10H,4-5,7H2,1-3H3;3*1-7H,(H,12,13);/q-1;;;;. The average Bonchev–Trinajstić information content (AvgIpc) is 3.38. The molecule has 6 aromatic rings. The number of hydrogen-bond donors (Lipinski definition) is 3. The third-order valence-electron chi connectivity index (χ3n) is 9.57. The Balaban J connectivity index is 0.000000154. The number of hydrogen-bond acceptors (Lipinski definition) is 3. The van der Waals surface area contributed by atoms with Crippen molar-refractivity contribution < 1.29 is 51.4 Å². The molecule has 262 valence electrons. The van der Waals surface area contributed by atoms with E-state index in [4.69, 9.17) is 15.3 Å². The van der Waals surface area contributed by atoms with Crippen LogP contribution in [0.3, 0.4) is 0 Å². The molecule has 6 nitrogen and oxygen atoms in total. The molecule has 0 saturated heterocycles. The Morgan fingerprint density at radius 2 is 0.904 bits per heavy atom. The summed E-state index contributed by atoms with van der Waals surface area (Å²) < 4.78 is 0. The van der Waals surface area contributed by atoms with E-state index in [1.54, 1.807) is 58.7 Å². The first-order valence-corrected chi connectivity index (χ1v) is 17.0. The van der Waals surface area contributed by atoms with Gasteiger partial charge in [-0.15, -0.1) is 5.57 Å². The molecule has 1 atom stereocenters. The quantitative estimate of drug-likeness (QED) is 0.124. The molecule has 52 heavy (non-hydrogen) atoms. The van der Waals surface area contributed by atoms with Crippen molar-refractivity contribution in [3.63, 3.8) is 0 Å².